The summed E-state index contributed by atoms with van der Waals surface area (Å²) in [4.78, 5) is 22.7. The van der Waals surface area contributed by atoms with Gasteiger partial charge in [0.1, 0.15) is 5.75 Å². The van der Waals surface area contributed by atoms with E-state index in [2.05, 4.69) is 34.9 Å². The van der Waals surface area contributed by atoms with Gasteiger partial charge in [-0.25, -0.2) is 4.98 Å². The largest absolute Gasteiger partial charge is 0.493 e. The van der Waals surface area contributed by atoms with Crippen LogP contribution in [-0.4, -0.2) is 48.5 Å². The van der Waals surface area contributed by atoms with Gasteiger partial charge in [-0.2, -0.15) is 0 Å². The second-order valence-electron chi connectivity index (χ2n) is 7.71. The van der Waals surface area contributed by atoms with Crippen molar-refractivity contribution in [2.24, 2.45) is 0 Å². The quantitative estimate of drug-likeness (QED) is 0.812. The van der Waals surface area contributed by atoms with Crippen LogP contribution in [0, 0.1) is 0 Å². The third-order valence-corrected chi connectivity index (χ3v) is 7.29. The lowest BCUT2D eigenvalue weighted by Gasteiger charge is -2.38. The Morgan fingerprint density at radius 1 is 1.15 bits per heavy atom. The van der Waals surface area contributed by atoms with E-state index in [1.54, 1.807) is 11.3 Å². The van der Waals surface area contributed by atoms with Crippen LogP contribution in [0.2, 0.25) is 0 Å². The van der Waals surface area contributed by atoms with Gasteiger partial charge < -0.3 is 9.64 Å². The fourth-order valence-corrected chi connectivity index (χ4v) is 5.48. The highest BCUT2D eigenvalue weighted by molar-refractivity contribution is 7.17. The predicted molar refractivity (Wildman–Crippen MR) is 107 cm³/mol. The number of fused-ring (bicyclic) bond motifs is 2. The summed E-state index contributed by atoms with van der Waals surface area (Å²) in [5.74, 6) is 1.35. The zero-order valence-corrected chi connectivity index (χ0v) is 16.6. The van der Waals surface area contributed by atoms with Gasteiger partial charge in [-0.3, -0.25) is 9.69 Å². The number of carbonyl (C=O) groups is 1. The van der Waals surface area contributed by atoms with Crippen molar-refractivity contribution in [3.63, 3.8) is 0 Å². The van der Waals surface area contributed by atoms with Crippen LogP contribution in [0.25, 0.3) is 0 Å². The van der Waals surface area contributed by atoms with Crippen molar-refractivity contribution in [1.29, 1.82) is 0 Å². The molecule has 0 amide bonds. The molecule has 0 radical (unpaired) electrons. The number of rotatable bonds is 3. The lowest BCUT2D eigenvalue weighted by Crippen LogP contribution is -2.47. The summed E-state index contributed by atoms with van der Waals surface area (Å²) in [6.45, 7) is 7.05. The van der Waals surface area contributed by atoms with E-state index in [-0.39, 0.29) is 5.78 Å². The first-order chi connectivity index (χ1) is 13.2. The Morgan fingerprint density at radius 2 is 2.00 bits per heavy atom. The van der Waals surface area contributed by atoms with Crippen LogP contribution in [0.3, 0.4) is 0 Å². The topological polar surface area (TPSA) is 45.7 Å². The maximum Gasteiger partial charge on any atom is 0.186 e. The van der Waals surface area contributed by atoms with Crippen LogP contribution in [0.5, 0.6) is 5.75 Å². The minimum atomic E-state index is 0.283. The van der Waals surface area contributed by atoms with Gasteiger partial charge in [-0.15, -0.1) is 0 Å². The number of aryl methyl sites for hydroxylation is 1. The third kappa shape index (κ3) is 3.15. The average molecular weight is 384 g/mol. The van der Waals surface area contributed by atoms with E-state index in [0.29, 0.717) is 12.5 Å². The summed E-state index contributed by atoms with van der Waals surface area (Å²) in [6, 6.07) is 7.08. The van der Waals surface area contributed by atoms with Crippen LogP contribution in [0.4, 0.5) is 5.13 Å². The van der Waals surface area contributed by atoms with E-state index >= 15 is 0 Å². The van der Waals surface area contributed by atoms with Crippen molar-refractivity contribution in [2.45, 2.75) is 38.6 Å². The van der Waals surface area contributed by atoms with Crippen LogP contribution in [0.1, 0.15) is 52.3 Å². The minimum absolute atomic E-state index is 0.283. The lowest BCUT2D eigenvalue weighted by atomic mass is 10.0. The van der Waals surface area contributed by atoms with Crippen LogP contribution >= 0.6 is 11.3 Å². The monoisotopic (exact) mass is 383 g/mol. The Labute approximate surface area is 164 Å². The number of carbonyl (C=O) groups excluding carboxylic acids is 1. The molecule has 5 nitrogen and oxygen atoms in total. The van der Waals surface area contributed by atoms with Crippen molar-refractivity contribution in [3.05, 3.63) is 39.9 Å². The summed E-state index contributed by atoms with van der Waals surface area (Å²) in [5, 5.41) is 1.04. The number of thiazole rings is 1. The number of hydrogen-bond donors (Lipinski definition) is 0. The first-order valence-corrected chi connectivity index (χ1v) is 10.8. The molecule has 142 valence electrons. The van der Waals surface area contributed by atoms with Crippen LogP contribution < -0.4 is 9.64 Å². The molecule has 1 aromatic carbocycles. The molecule has 27 heavy (non-hydrogen) atoms. The third-order valence-electron chi connectivity index (χ3n) is 6.09. The number of anilines is 1. The van der Waals surface area contributed by atoms with Crippen molar-refractivity contribution in [3.8, 4) is 5.75 Å². The van der Waals surface area contributed by atoms with Crippen LogP contribution in [-0.2, 0) is 12.8 Å². The first-order valence-electron chi connectivity index (χ1n) is 9.96. The SMILES string of the molecule is C[C@@H](c1ccc2c(c1)OCC2)N1CCN(c2nc3c(s2)C(=O)CCC3)CC1. The van der Waals surface area contributed by atoms with E-state index in [9.17, 15) is 4.79 Å². The Morgan fingerprint density at radius 3 is 2.81 bits per heavy atom. The summed E-state index contributed by atoms with van der Waals surface area (Å²) in [7, 11) is 0. The molecule has 3 aliphatic rings. The van der Waals surface area contributed by atoms with E-state index < -0.39 is 0 Å². The summed E-state index contributed by atoms with van der Waals surface area (Å²) < 4.78 is 5.74. The van der Waals surface area contributed by atoms with Gasteiger partial charge in [0, 0.05) is 45.1 Å². The summed E-state index contributed by atoms with van der Waals surface area (Å²) in [6.07, 6.45) is 3.62. The second-order valence-corrected chi connectivity index (χ2v) is 8.69. The van der Waals surface area contributed by atoms with Gasteiger partial charge >= 0.3 is 0 Å². The summed E-state index contributed by atoms with van der Waals surface area (Å²) >= 11 is 1.60. The highest BCUT2D eigenvalue weighted by Crippen LogP contribution is 2.34. The van der Waals surface area contributed by atoms with Gasteiger partial charge in [-0.1, -0.05) is 23.5 Å². The first kappa shape index (κ1) is 17.2. The maximum absolute atomic E-state index is 12.1. The number of ether oxygens (including phenoxy) is 1. The average Bonchev–Trinajstić information content (AvgIpc) is 3.34. The number of hydrogen-bond acceptors (Lipinski definition) is 6. The number of aromatic nitrogens is 1. The molecule has 1 aromatic heterocycles. The van der Waals surface area contributed by atoms with Crippen molar-refractivity contribution < 1.29 is 9.53 Å². The second kappa shape index (κ2) is 6.91. The molecule has 1 fully saturated rings. The molecule has 2 aromatic rings. The maximum atomic E-state index is 12.1. The van der Waals surface area contributed by atoms with Crippen molar-refractivity contribution in [2.75, 3.05) is 37.7 Å². The Balaban J connectivity index is 1.26. The van der Waals surface area contributed by atoms with Gasteiger partial charge in [0.25, 0.3) is 0 Å². The van der Waals surface area contributed by atoms with Crippen molar-refractivity contribution in [1.82, 2.24) is 9.88 Å². The molecule has 2 aliphatic heterocycles. The molecule has 1 atom stereocenters. The highest BCUT2D eigenvalue weighted by atomic mass is 32.1. The fraction of sp³-hybridized carbons (Fsp3) is 0.524. The number of ketones is 1. The van der Waals surface area contributed by atoms with E-state index in [4.69, 9.17) is 9.72 Å². The number of benzene rings is 1. The Bertz CT molecular complexity index is 870. The molecule has 1 aliphatic carbocycles. The molecular weight excluding hydrogens is 358 g/mol. The van der Waals surface area contributed by atoms with Gasteiger partial charge in [-0.05, 0) is 37.0 Å². The van der Waals surface area contributed by atoms with E-state index in [0.717, 1.165) is 73.5 Å². The molecule has 1 saturated heterocycles. The lowest BCUT2D eigenvalue weighted by molar-refractivity contribution is 0.0976. The van der Waals surface area contributed by atoms with E-state index in [1.165, 1.54) is 11.1 Å². The van der Waals surface area contributed by atoms with Crippen LogP contribution in [0.15, 0.2) is 18.2 Å². The minimum Gasteiger partial charge on any atom is -0.493 e. The number of Topliss-reactive ketones (excluding diaryl/α,β-unsaturated/α-hetero) is 1. The number of piperazine rings is 1. The normalized spacial score (nSPS) is 20.9. The molecule has 0 unspecified atom stereocenters. The smallest absolute Gasteiger partial charge is 0.186 e. The molecule has 0 bridgehead atoms. The van der Waals surface area contributed by atoms with Gasteiger partial charge in [0.05, 0.1) is 17.2 Å². The highest BCUT2D eigenvalue weighted by Gasteiger charge is 2.28. The summed E-state index contributed by atoms with van der Waals surface area (Å²) in [5.41, 5.74) is 3.69. The zero-order chi connectivity index (χ0) is 18.4. The fourth-order valence-electron chi connectivity index (χ4n) is 4.35. The molecule has 5 rings (SSSR count). The number of nitrogens with zero attached hydrogens (tertiary/aromatic N) is 3. The van der Waals surface area contributed by atoms with Crippen molar-refractivity contribution >= 4 is 22.3 Å². The van der Waals surface area contributed by atoms with Gasteiger partial charge in [0.2, 0.25) is 0 Å². The molecule has 0 N–H and O–H groups in total. The predicted octanol–water partition coefficient (Wildman–Crippen LogP) is 3.48. The molecule has 0 saturated carbocycles. The molecule has 6 heteroatoms. The molecule has 0 spiro atoms. The Kier molecular flexibility index (Phi) is 4.40. The Hall–Kier alpha value is -1.92. The van der Waals surface area contributed by atoms with E-state index in [1.807, 2.05) is 0 Å². The standard InChI is InChI=1S/C21H25N3O2S/c1-14(16-6-5-15-7-12-26-19(15)13-16)23-8-10-24(11-9-23)21-22-17-3-2-4-18(25)20(17)27-21/h5-6,13-14H,2-4,7-12H2,1H3/t14-/m0/s1. The zero-order valence-electron chi connectivity index (χ0n) is 15.7. The van der Waals surface area contributed by atoms with Gasteiger partial charge in [0.15, 0.2) is 10.9 Å². The molecule has 3 heterocycles. The molecular formula is C21H25N3O2S.